The molecular weight excluding hydrogens is 234 g/mol. The number of carbonyl (C=O) groups excluding carboxylic acids is 1. The summed E-state index contributed by atoms with van der Waals surface area (Å²) in [6.07, 6.45) is 7.24. The van der Waals surface area contributed by atoms with Gasteiger partial charge in [-0.2, -0.15) is 9.61 Å². The van der Waals surface area contributed by atoms with Crippen molar-refractivity contribution in [2.75, 3.05) is 0 Å². The molecule has 1 saturated carbocycles. The first kappa shape index (κ1) is 10.9. The molecule has 5 heteroatoms. The molecule has 17 heavy (non-hydrogen) atoms. The Labute approximate surface area is 104 Å². The van der Waals surface area contributed by atoms with Crippen molar-refractivity contribution in [3.63, 3.8) is 0 Å². The van der Waals surface area contributed by atoms with Crippen LogP contribution in [0.5, 0.6) is 0 Å². The fourth-order valence-corrected chi connectivity index (χ4v) is 3.65. The molecule has 0 aromatic carbocycles. The van der Waals surface area contributed by atoms with Gasteiger partial charge in [-0.3, -0.25) is 4.79 Å². The predicted octanol–water partition coefficient (Wildman–Crippen LogP) is 2.96. The summed E-state index contributed by atoms with van der Waals surface area (Å²) in [5, 5.41) is 5.72. The van der Waals surface area contributed by atoms with Crippen molar-refractivity contribution in [3.05, 3.63) is 16.4 Å². The molecule has 0 unspecified atom stereocenters. The van der Waals surface area contributed by atoms with E-state index in [9.17, 15) is 4.79 Å². The second kappa shape index (κ2) is 4.22. The number of hydrogen-bond donors (Lipinski definition) is 0. The highest BCUT2D eigenvalue weighted by Crippen LogP contribution is 2.35. The van der Waals surface area contributed by atoms with Gasteiger partial charge in [0.2, 0.25) is 4.96 Å². The lowest BCUT2D eigenvalue weighted by Gasteiger charge is -2.18. The molecule has 0 saturated heterocycles. The third-order valence-corrected chi connectivity index (χ3v) is 4.57. The van der Waals surface area contributed by atoms with Crippen LogP contribution in [-0.4, -0.2) is 20.9 Å². The second-order valence-corrected chi connectivity index (χ2v) is 5.66. The van der Waals surface area contributed by atoms with E-state index in [2.05, 4.69) is 10.1 Å². The molecule has 2 aromatic heterocycles. The van der Waals surface area contributed by atoms with Crippen LogP contribution >= 0.6 is 11.3 Å². The lowest BCUT2D eigenvalue weighted by Crippen LogP contribution is -2.05. The molecule has 0 aliphatic heterocycles. The first-order valence-corrected chi connectivity index (χ1v) is 6.92. The van der Waals surface area contributed by atoms with Gasteiger partial charge in [-0.25, -0.2) is 4.98 Å². The molecule has 0 radical (unpaired) electrons. The van der Waals surface area contributed by atoms with E-state index in [1.165, 1.54) is 32.1 Å². The summed E-state index contributed by atoms with van der Waals surface area (Å²) in [6, 6.07) is 0. The zero-order chi connectivity index (χ0) is 11.8. The Balaban J connectivity index is 2.01. The van der Waals surface area contributed by atoms with Gasteiger partial charge in [-0.1, -0.05) is 30.6 Å². The smallest absolute Gasteiger partial charge is 0.213 e. The maximum Gasteiger partial charge on any atom is 0.213 e. The molecule has 1 aliphatic rings. The molecule has 90 valence electrons. The zero-order valence-electron chi connectivity index (χ0n) is 9.85. The van der Waals surface area contributed by atoms with E-state index in [-0.39, 0.29) is 0 Å². The molecule has 3 rings (SSSR count). The van der Waals surface area contributed by atoms with Crippen LogP contribution in [0.4, 0.5) is 0 Å². The highest BCUT2D eigenvalue weighted by atomic mass is 32.1. The Bertz CT molecular complexity index is 551. The topological polar surface area (TPSA) is 47.3 Å². The van der Waals surface area contributed by atoms with E-state index >= 15 is 0 Å². The maximum atomic E-state index is 11.0. The minimum absolute atomic E-state index is 0.579. The van der Waals surface area contributed by atoms with Gasteiger partial charge in [0.25, 0.3) is 0 Å². The number of carbonyl (C=O) groups is 1. The van der Waals surface area contributed by atoms with Gasteiger partial charge in [-0.15, -0.1) is 0 Å². The summed E-state index contributed by atoms with van der Waals surface area (Å²) in [4.78, 5) is 16.2. The van der Waals surface area contributed by atoms with Crippen molar-refractivity contribution in [2.45, 2.75) is 44.9 Å². The van der Waals surface area contributed by atoms with Crippen LogP contribution in [0.2, 0.25) is 0 Å². The van der Waals surface area contributed by atoms with Crippen LogP contribution in [0.1, 0.15) is 59.2 Å². The molecule has 1 aliphatic carbocycles. The summed E-state index contributed by atoms with van der Waals surface area (Å²) in [6.45, 7) is 1.85. The van der Waals surface area contributed by atoms with E-state index in [0.29, 0.717) is 11.6 Å². The highest BCUT2D eigenvalue weighted by Gasteiger charge is 2.21. The standard InChI is InChI=1S/C12H15N3OS/c1-8-10(7-16)15-12(13-8)17-11(14-15)9-5-3-2-4-6-9/h7,9H,2-6H2,1H3. The van der Waals surface area contributed by atoms with Gasteiger partial charge >= 0.3 is 0 Å². The Morgan fingerprint density at radius 3 is 2.82 bits per heavy atom. The van der Waals surface area contributed by atoms with Crippen molar-refractivity contribution >= 4 is 22.6 Å². The highest BCUT2D eigenvalue weighted by molar-refractivity contribution is 7.16. The van der Waals surface area contributed by atoms with E-state index in [4.69, 9.17) is 0 Å². The average Bonchev–Trinajstić information content (AvgIpc) is 2.86. The summed E-state index contributed by atoms with van der Waals surface area (Å²) >= 11 is 1.64. The van der Waals surface area contributed by atoms with E-state index in [1.807, 2.05) is 6.92 Å². The second-order valence-electron chi connectivity index (χ2n) is 4.67. The molecule has 0 spiro atoms. The molecule has 0 atom stereocenters. The number of fused-ring (bicyclic) bond motifs is 1. The van der Waals surface area contributed by atoms with Crippen LogP contribution in [0.15, 0.2) is 0 Å². The van der Waals surface area contributed by atoms with Gasteiger partial charge in [0.1, 0.15) is 10.7 Å². The van der Waals surface area contributed by atoms with Crippen molar-refractivity contribution in [1.29, 1.82) is 0 Å². The first-order valence-electron chi connectivity index (χ1n) is 6.11. The molecular formula is C12H15N3OS. The molecule has 1 fully saturated rings. The van der Waals surface area contributed by atoms with E-state index < -0.39 is 0 Å². The normalized spacial score (nSPS) is 17.7. The van der Waals surface area contributed by atoms with Crippen molar-refractivity contribution < 1.29 is 4.79 Å². The Morgan fingerprint density at radius 1 is 1.35 bits per heavy atom. The quantitative estimate of drug-likeness (QED) is 0.769. The summed E-state index contributed by atoms with van der Waals surface area (Å²) in [7, 11) is 0. The van der Waals surface area contributed by atoms with Gasteiger partial charge in [0, 0.05) is 5.92 Å². The van der Waals surface area contributed by atoms with Gasteiger partial charge in [-0.05, 0) is 19.8 Å². The number of nitrogens with zero attached hydrogens (tertiary/aromatic N) is 3. The Kier molecular flexibility index (Phi) is 2.70. The van der Waals surface area contributed by atoms with Gasteiger partial charge < -0.3 is 0 Å². The Morgan fingerprint density at radius 2 is 2.12 bits per heavy atom. The molecule has 0 bridgehead atoms. The number of imidazole rings is 1. The first-order chi connectivity index (χ1) is 8.29. The van der Waals surface area contributed by atoms with Crippen LogP contribution in [-0.2, 0) is 0 Å². The van der Waals surface area contributed by atoms with Crippen molar-refractivity contribution in [3.8, 4) is 0 Å². The molecule has 0 N–H and O–H groups in total. The number of rotatable bonds is 2. The minimum Gasteiger partial charge on any atom is -0.296 e. The lowest BCUT2D eigenvalue weighted by atomic mass is 9.90. The molecule has 2 heterocycles. The van der Waals surface area contributed by atoms with Crippen LogP contribution in [0.3, 0.4) is 0 Å². The van der Waals surface area contributed by atoms with Crippen LogP contribution in [0, 0.1) is 6.92 Å². The third kappa shape index (κ3) is 1.78. The number of aryl methyl sites for hydroxylation is 1. The molecule has 4 nitrogen and oxygen atoms in total. The van der Waals surface area contributed by atoms with Gasteiger partial charge in [0.15, 0.2) is 6.29 Å². The SMILES string of the molecule is Cc1nc2sc(C3CCCCC3)nn2c1C=O. The van der Waals surface area contributed by atoms with Gasteiger partial charge in [0.05, 0.1) is 5.69 Å². The summed E-state index contributed by atoms with van der Waals surface area (Å²) in [5.41, 5.74) is 1.37. The fraction of sp³-hybridized carbons (Fsp3) is 0.583. The summed E-state index contributed by atoms with van der Waals surface area (Å²) < 4.78 is 1.71. The number of hydrogen-bond acceptors (Lipinski definition) is 4. The maximum absolute atomic E-state index is 11.0. The summed E-state index contributed by atoms with van der Waals surface area (Å²) in [5.74, 6) is 0.579. The average molecular weight is 249 g/mol. The van der Waals surface area contributed by atoms with E-state index in [1.54, 1.807) is 15.9 Å². The lowest BCUT2D eigenvalue weighted by molar-refractivity contribution is 0.111. The Hall–Kier alpha value is -1.23. The monoisotopic (exact) mass is 249 g/mol. The van der Waals surface area contributed by atoms with Crippen molar-refractivity contribution in [2.24, 2.45) is 0 Å². The molecule has 2 aromatic rings. The van der Waals surface area contributed by atoms with E-state index in [0.717, 1.165) is 21.9 Å². The fourth-order valence-electron chi connectivity index (χ4n) is 2.53. The number of aldehydes is 1. The zero-order valence-corrected chi connectivity index (χ0v) is 10.7. The predicted molar refractivity (Wildman–Crippen MR) is 66.8 cm³/mol. The minimum atomic E-state index is 0.579. The third-order valence-electron chi connectivity index (χ3n) is 3.50. The van der Waals surface area contributed by atoms with Crippen LogP contribution < -0.4 is 0 Å². The van der Waals surface area contributed by atoms with Crippen molar-refractivity contribution in [1.82, 2.24) is 14.6 Å². The largest absolute Gasteiger partial charge is 0.296 e. The van der Waals surface area contributed by atoms with Crippen LogP contribution in [0.25, 0.3) is 4.96 Å². The number of aromatic nitrogens is 3. The molecule has 0 amide bonds.